The van der Waals surface area contributed by atoms with Gasteiger partial charge in [0.1, 0.15) is 5.58 Å². The predicted octanol–water partition coefficient (Wildman–Crippen LogP) is 9.15. The molecule has 5 heteroatoms. The first-order valence-electron chi connectivity index (χ1n) is 17.5. The van der Waals surface area contributed by atoms with Crippen molar-refractivity contribution in [2.45, 2.75) is 13.7 Å². The standard InChI is InChI=1S/C24H13N2O.C13H12N.Ir/c25-15-17-12-13-19-18-9-6-10-20(21-11-4-5-14-26-21)23(18)27-24(19)22(17)16-7-2-1-3-8-16;1-10-3-6-12(7-4-10)13-8-5-11(2)9-14-13;/h1-9,11-14H;3-6,8-9H,1-2H3;/q2*-1;/i4D,5D,11D,14D;1D3,2D3;. The van der Waals surface area contributed by atoms with Crippen LogP contribution in [0.25, 0.3) is 55.6 Å². The number of nitrogens with zero attached hydrogens (tertiary/aromatic N) is 3. The number of furan rings is 1. The monoisotopic (exact) mass is 730 g/mol. The molecule has 0 atom stereocenters. The van der Waals surface area contributed by atoms with Crippen LogP contribution in [-0.4, -0.2) is 9.97 Å². The van der Waals surface area contributed by atoms with Crippen LogP contribution in [0.2, 0.25) is 0 Å². The number of hydrogen-bond acceptors (Lipinski definition) is 4. The Balaban J connectivity index is 0.000000217. The molecule has 0 N–H and O–H groups in total. The summed E-state index contributed by atoms with van der Waals surface area (Å²) < 4.78 is 81.8. The maximum atomic E-state index is 9.68. The molecule has 0 bridgehead atoms. The fourth-order valence-electron chi connectivity index (χ4n) is 4.45. The van der Waals surface area contributed by atoms with Crippen LogP contribution in [0.5, 0.6) is 0 Å². The van der Waals surface area contributed by atoms with Gasteiger partial charge in [-0.3, -0.25) is 0 Å². The third-order valence-electron chi connectivity index (χ3n) is 6.34. The summed E-state index contributed by atoms with van der Waals surface area (Å²) in [5.41, 5.74) is 4.88. The minimum absolute atomic E-state index is 0. The third-order valence-corrected chi connectivity index (χ3v) is 6.34. The number of hydrogen-bond donors (Lipinski definition) is 0. The fourth-order valence-corrected chi connectivity index (χ4v) is 4.45. The summed E-state index contributed by atoms with van der Waals surface area (Å²) in [6, 6.07) is 31.2. The Labute approximate surface area is 272 Å². The second kappa shape index (κ2) is 12.7. The summed E-state index contributed by atoms with van der Waals surface area (Å²) in [5.74, 6) is 0. The van der Waals surface area contributed by atoms with Crippen LogP contribution in [-0.2, 0) is 20.1 Å². The number of aromatic nitrogens is 2. The van der Waals surface area contributed by atoms with Gasteiger partial charge in [0.05, 0.1) is 22.7 Å². The fraction of sp³-hybridized carbons (Fsp3) is 0.0541. The second-order valence-corrected chi connectivity index (χ2v) is 8.91. The van der Waals surface area contributed by atoms with Crippen molar-refractivity contribution in [2.75, 3.05) is 0 Å². The van der Waals surface area contributed by atoms with E-state index >= 15 is 0 Å². The summed E-state index contributed by atoms with van der Waals surface area (Å²) >= 11 is 0. The van der Waals surface area contributed by atoms with Crippen LogP contribution in [0.15, 0.2) is 120 Å². The number of benzene rings is 4. The molecule has 3 aromatic heterocycles. The third kappa shape index (κ3) is 5.78. The molecule has 0 saturated heterocycles. The predicted molar refractivity (Wildman–Crippen MR) is 164 cm³/mol. The van der Waals surface area contributed by atoms with E-state index in [0.29, 0.717) is 39.1 Å². The molecule has 205 valence electrons. The van der Waals surface area contributed by atoms with Crippen LogP contribution in [0, 0.1) is 37.2 Å². The summed E-state index contributed by atoms with van der Waals surface area (Å²) in [4.78, 5) is 8.14. The Bertz CT molecular complexity index is 2380. The van der Waals surface area contributed by atoms with E-state index in [1.165, 1.54) is 24.4 Å². The van der Waals surface area contributed by atoms with Gasteiger partial charge in [0, 0.05) is 51.6 Å². The second-order valence-electron chi connectivity index (χ2n) is 8.91. The van der Waals surface area contributed by atoms with Crippen LogP contribution >= 0.6 is 0 Å². The van der Waals surface area contributed by atoms with Gasteiger partial charge in [-0.2, -0.15) is 5.26 Å². The first kappa shape index (κ1) is 18.5. The normalized spacial score (nSPS) is 14.5. The molecule has 7 rings (SSSR count). The Morgan fingerprint density at radius 3 is 2.40 bits per heavy atom. The average molecular weight is 730 g/mol. The molecule has 0 saturated carbocycles. The minimum Gasteiger partial charge on any atom is -0.500 e. The van der Waals surface area contributed by atoms with E-state index < -0.39 is 19.7 Å². The molecule has 0 aliphatic carbocycles. The molecule has 0 unspecified atom stereocenters. The number of nitriles is 1. The van der Waals surface area contributed by atoms with E-state index in [1.54, 1.807) is 24.3 Å². The van der Waals surface area contributed by atoms with E-state index in [1.807, 2.05) is 42.5 Å². The summed E-state index contributed by atoms with van der Waals surface area (Å²) in [5, 5.41) is 11.2. The molecule has 7 aromatic rings. The maximum Gasteiger partial charge on any atom is 0.130 e. The van der Waals surface area contributed by atoms with Gasteiger partial charge in [-0.25, -0.2) is 0 Å². The van der Waals surface area contributed by atoms with Crippen LogP contribution in [0.1, 0.15) is 30.4 Å². The van der Waals surface area contributed by atoms with E-state index in [0.717, 1.165) is 16.3 Å². The SMILES string of the molecule is [2H]C([2H])([2H])c1c[c-]c(-c2ccc(C([2H])([2H])[2H])cn2)cc1.[2H]c1nc(-c2[c-]ccc3c2oc2c(-c4ccccc4)c(C#N)ccc23)c([2H])c([2H])c1[2H].[Ir]. The average Bonchev–Trinajstić information content (AvgIpc) is 3.51. The number of pyridine rings is 2. The number of fused-ring (bicyclic) bond motifs is 3. The zero-order valence-corrected chi connectivity index (χ0v) is 24.1. The van der Waals surface area contributed by atoms with Crippen LogP contribution in [0.4, 0.5) is 0 Å². The van der Waals surface area contributed by atoms with Gasteiger partial charge in [0.25, 0.3) is 0 Å². The molecular weight excluding hydrogens is 695 g/mol. The van der Waals surface area contributed by atoms with Gasteiger partial charge in [-0.05, 0) is 41.5 Å². The van der Waals surface area contributed by atoms with Crippen molar-refractivity contribution in [1.82, 2.24) is 9.97 Å². The van der Waals surface area contributed by atoms with E-state index in [2.05, 4.69) is 28.2 Å². The van der Waals surface area contributed by atoms with Crippen molar-refractivity contribution in [3.8, 4) is 39.7 Å². The van der Waals surface area contributed by atoms with Gasteiger partial charge < -0.3 is 14.4 Å². The molecular formula is C37H25IrN3O-2. The Morgan fingerprint density at radius 2 is 1.67 bits per heavy atom. The molecule has 0 aliphatic heterocycles. The zero-order chi connectivity index (χ0) is 36.7. The molecule has 42 heavy (non-hydrogen) atoms. The van der Waals surface area contributed by atoms with E-state index in [-0.39, 0.29) is 55.2 Å². The Kier molecular flexibility index (Phi) is 5.62. The van der Waals surface area contributed by atoms with Crippen LogP contribution < -0.4 is 0 Å². The van der Waals surface area contributed by atoms with Gasteiger partial charge in [0.2, 0.25) is 0 Å². The number of rotatable bonds is 3. The first-order valence-corrected chi connectivity index (χ1v) is 12.5. The Hall–Kier alpha value is -4.88. The van der Waals surface area contributed by atoms with Gasteiger partial charge in [-0.1, -0.05) is 78.4 Å². The largest absolute Gasteiger partial charge is 0.500 e. The summed E-state index contributed by atoms with van der Waals surface area (Å²) in [6.07, 6.45) is 0.919. The summed E-state index contributed by atoms with van der Waals surface area (Å²) in [7, 11) is 0. The van der Waals surface area contributed by atoms with Crippen molar-refractivity contribution in [3.63, 3.8) is 0 Å². The minimum atomic E-state index is -2.18. The molecule has 0 spiro atoms. The molecule has 0 amide bonds. The van der Waals surface area contributed by atoms with Crippen molar-refractivity contribution in [3.05, 3.63) is 144 Å². The maximum absolute atomic E-state index is 9.68. The van der Waals surface area contributed by atoms with Crippen molar-refractivity contribution in [2.24, 2.45) is 0 Å². The van der Waals surface area contributed by atoms with E-state index in [4.69, 9.17) is 18.1 Å². The smallest absolute Gasteiger partial charge is 0.130 e. The quantitative estimate of drug-likeness (QED) is 0.170. The molecule has 4 nitrogen and oxygen atoms in total. The summed E-state index contributed by atoms with van der Waals surface area (Å²) in [6.45, 7) is -4.34. The number of aryl methyl sites for hydroxylation is 2. The van der Waals surface area contributed by atoms with E-state index in [9.17, 15) is 5.26 Å². The molecule has 3 heterocycles. The van der Waals surface area contributed by atoms with Gasteiger partial charge in [0.15, 0.2) is 0 Å². The van der Waals surface area contributed by atoms with Gasteiger partial charge >= 0.3 is 0 Å². The Morgan fingerprint density at radius 1 is 0.833 bits per heavy atom. The van der Waals surface area contributed by atoms with Crippen LogP contribution in [0.3, 0.4) is 0 Å². The molecule has 1 radical (unpaired) electrons. The molecule has 4 aromatic carbocycles. The zero-order valence-electron chi connectivity index (χ0n) is 31.7. The first-order chi connectivity index (χ1) is 24.2. The van der Waals surface area contributed by atoms with Gasteiger partial charge in [-0.15, -0.1) is 53.6 Å². The van der Waals surface area contributed by atoms with Crippen molar-refractivity contribution < 1.29 is 38.2 Å². The topological polar surface area (TPSA) is 62.7 Å². The molecule has 0 fully saturated rings. The van der Waals surface area contributed by atoms with Crippen molar-refractivity contribution >= 4 is 21.9 Å². The van der Waals surface area contributed by atoms with Crippen molar-refractivity contribution in [1.29, 1.82) is 5.26 Å². The molecule has 0 aliphatic rings.